The molecule has 17 atom stereocenters. The third kappa shape index (κ3) is 4.69. The first-order valence-electron chi connectivity index (χ1n) is 17.9. The minimum Gasteiger partial charge on any atom is -0.481 e. The van der Waals surface area contributed by atoms with Gasteiger partial charge in [0.1, 0.15) is 29.8 Å². The Morgan fingerprint density at radius 3 is 2.20 bits per heavy atom. The molecule has 0 radical (unpaired) electrons. The molecule has 0 aromatic rings. The third-order valence-electron chi connectivity index (χ3n) is 15.6. The van der Waals surface area contributed by atoms with Crippen LogP contribution in [-0.4, -0.2) is 120 Å². The Morgan fingerprint density at radius 1 is 0.918 bits per heavy atom. The van der Waals surface area contributed by atoms with Crippen molar-refractivity contribution in [2.75, 3.05) is 13.2 Å². The van der Waals surface area contributed by atoms with Gasteiger partial charge in [-0.25, -0.2) is 0 Å². The lowest BCUT2D eigenvalue weighted by molar-refractivity contribution is -0.299. The molecule has 278 valence electrons. The molecule has 0 unspecified atom stereocenters. The monoisotopic (exact) mass is 696 g/mol. The van der Waals surface area contributed by atoms with Gasteiger partial charge in [0.25, 0.3) is 0 Å². The van der Waals surface area contributed by atoms with Gasteiger partial charge in [-0.2, -0.15) is 0 Å². The highest BCUT2D eigenvalue weighted by molar-refractivity contribution is 5.79. The number of allylic oxidation sites excluding steroid dienone is 1. The summed E-state index contributed by atoms with van der Waals surface area (Å²) in [5, 5.41) is 96.6. The number of aliphatic hydroxyl groups is 8. The van der Waals surface area contributed by atoms with Crippen LogP contribution < -0.4 is 0 Å². The lowest BCUT2D eigenvalue weighted by atomic mass is 9.32. The minimum absolute atomic E-state index is 0.153. The van der Waals surface area contributed by atoms with Crippen LogP contribution in [0.15, 0.2) is 11.6 Å². The molecule has 0 spiro atoms. The predicted molar refractivity (Wildman–Crippen MR) is 171 cm³/mol. The zero-order valence-corrected chi connectivity index (χ0v) is 29.2. The summed E-state index contributed by atoms with van der Waals surface area (Å²) in [5.41, 5.74) is -5.39. The van der Waals surface area contributed by atoms with Crippen molar-refractivity contribution in [2.24, 2.45) is 50.7 Å². The Hall–Kier alpha value is -1.68. The van der Waals surface area contributed by atoms with E-state index in [0.717, 1.165) is 5.57 Å². The lowest BCUT2D eigenvalue weighted by Gasteiger charge is -2.72. The van der Waals surface area contributed by atoms with Gasteiger partial charge in [-0.3, -0.25) is 9.59 Å². The van der Waals surface area contributed by atoms with Gasteiger partial charge in [-0.05, 0) is 92.3 Å². The van der Waals surface area contributed by atoms with Gasteiger partial charge in [0.2, 0.25) is 6.29 Å². The zero-order valence-electron chi connectivity index (χ0n) is 29.2. The second-order valence-corrected chi connectivity index (χ2v) is 17.4. The van der Waals surface area contributed by atoms with Crippen LogP contribution in [0.4, 0.5) is 0 Å². The molecule has 13 heteroatoms. The number of esters is 1. The number of hydrogen-bond acceptors (Lipinski definition) is 12. The van der Waals surface area contributed by atoms with E-state index in [4.69, 9.17) is 9.47 Å². The summed E-state index contributed by atoms with van der Waals surface area (Å²) < 4.78 is 11.4. The van der Waals surface area contributed by atoms with E-state index in [1.807, 2.05) is 13.8 Å². The van der Waals surface area contributed by atoms with Crippen molar-refractivity contribution in [1.82, 2.24) is 0 Å². The van der Waals surface area contributed by atoms with E-state index in [-0.39, 0.29) is 18.3 Å². The van der Waals surface area contributed by atoms with E-state index < -0.39 is 113 Å². The first kappa shape index (κ1) is 37.1. The number of carboxylic acids is 1. The number of rotatable bonds is 5. The Balaban J connectivity index is 1.41. The van der Waals surface area contributed by atoms with E-state index in [9.17, 15) is 55.5 Å². The largest absolute Gasteiger partial charge is 0.481 e. The molecule has 0 aromatic heterocycles. The summed E-state index contributed by atoms with van der Waals surface area (Å²) in [7, 11) is 0. The van der Waals surface area contributed by atoms with Gasteiger partial charge in [0.15, 0.2) is 0 Å². The van der Waals surface area contributed by atoms with Crippen LogP contribution in [0.25, 0.3) is 0 Å². The van der Waals surface area contributed by atoms with Gasteiger partial charge in [-0.15, -0.1) is 0 Å². The van der Waals surface area contributed by atoms with Crippen molar-refractivity contribution < 1.29 is 65.0 Å². The third-order valence-corrected chi connectivity index (χ3v) is 15.6. The first-order chi connectivity index (χ1) is 22.7. The molecule has 6 aliphatic rings. The lowest BCUT2D eigenvalue weighted by Crippen LogP contribution is -2.71. The number of carbonyl (C=O) groups excluding carboxylic acids is 1. The molecule has 9 N–H and O–H groups in total. The normalized spacial score (nSPS) is 55.5. The number of hydrogen-bond donors (Lipinski definition) is 9. The molecule has 5 aliphatic carbocycles. The zero-order chi connectivity index (χ0) is 36.3. The first-order valence-corrected chi connectivity index (χ1v) is 17.9. The fraction of sp³-hybridized carbons (Fsp3) is 0.889. The Morgan fingerprint density at radius 2 is 1.59 bits per heavy atom. The highest BCUT2D eigenvalue weighted by atomic mass is 16.7. The molecule has 13 nitrogen and oxygen atoms in total. The predicted octanol–water partition coefficient (Wildman–Crippen LogP) is 0.471. The van der Waals surface area contributed by atoms with Crippen LogP contribution in [-0.2, 0) is 19.1 Å². The summed E-state index contributed by atoms with van der Waals surface area (Å²) in [5.74, 6) is -3.67. The minimum atomic E-state index is -1.92. The number of aliphatic carboxylic acids is 1. The van der Waals surface area contributed by atoms with E-state index in [0.29, 0.717) is 44.9 Å². The van der Waals surface area contributed by atoms with E-state index >= 15 is 0 Å². The molecule has 1 aliphatic heterocycles. The molecule has 4 saturated carbocycles. The quantitative estimate of drug-likeness (QED) is 0.141. The highest BCUT2D eigenvalue weighted by Crippen LogP contribution is 2.76. The van der Waals surface area contributed by atoms with Gasteiger partial charge >= 0.3 is 11.9 Å². The van der Waals surface area contributed by atoms with Crippen molar-refractivity contribution in [3.05, 3.63) is 11.6 Å². The van der Waals surface area contributed by atoms with Crippen LogP contribution >= 0.6 is 0 Å². The summed E-state index contributed by atoms with van der Waals surface area (Å²) in [6.45, 7) is 8.54. The fourth-order valence-corrected chi connectivity index (χ4v) is 12.4. The molecule has 0 bridgehead atoms. The standard InChI is InChI=1S/C36H56O13/c1-17-8-11-35(30(46)49-28-25(42)24(41)23(40)20(15-37)48-28)13-12-32(3)18(26(35)34(17,5)47)6-7-21-31(2)14-19(39)27(43)36(16-38,29(44)45)22(31)9-10-33(21,32)4/h6,17,19-28,37-43,47H,7-16H2,1-5H3,(H,44,45)/t17-,19-,20-,21-,22-,23-,24+,25-,26-,27-,28+,31-,32-,33-,34-,35+,36-/m1/s1. The van der Waals surface area contributed by atoms with Gasteiger partial charge in [0.05, 0.1) is 36.4 Å². The summed E-state index contributed by atoms with van der Waals surface area (Å²) >= 11 is 0. The molecular formula is C36H56O13. The Kier molecular flexibility index (Phi) is 9.03. The van der Waals surface area contributed by atoms with Crippen molar-refractivity contribution in [3.63, 3.8) is 0 Å². The summed E-state index contributed by atoms with van der Waals surface area (Å²) in [4.78, 5) is 27.3. The van der Waals surface area contributed by atoms with Crippen molar-refractivity contribution in [1.29, 1.82) is 0 Å². The smallest absolute Gasteiger partial charge is 0.315 e. The molecule has 1 saturated heterocycles. The fourth-order valence-electron chi connectivity index (χ4n) is 12.4. The van der Waals surface area contributed by atoms with Crippen molar-refractivity contribution in [2.45, 2.75) is 135 Å². The van der Waals surface area contributed by atoms with Gasteiger partial charge in [-0.1, -0.05) is 39.3 Å². The van der Waals surface area contributed by atoms with E-state index in [1.54, 1.807) is 6.92 Å². The Labute approximate surface area is 286 Å². The Bertz CT molecular complexity index is 1370. The number of carboxylic acid groups (broad SMARTS) is 1. The van der Waals surface area contributed by atoms with Crippen molar-refractivity contribution >= 4 is 11.9 Å². The average Bonchev–Trinajstić information content (AvgIpc) is 3.04. The average molecular weight is 697 g/mol. The van der Waals surface area contributed by atoms with E-state index in [1.165, 1.54) is 0 Å². The van der Waals surface area contributed by atoms with Crippen LogP contribution in [0.3, 0.4) is 0 Å². The second kappa shape index (κ2) is 11.9. The van der Waals surface area contributed by atoms with E-state index in [2.05, 4.69) is 19.9 Å². The maximum atomic E-state index is 14.5. The van der Waals surface area contributed by atoms with Crippen LogP contribution in [0.2, 0.25) is 0 Å². The highest BCUT2D eigenvalue weighted by Gasteiger charge is 2.74. The van der Waals surface area contributed by atoms with Gasteiger partial charge in [0, 0.05) is 5.92 Å². The maximum Gasteiger partial charge on any atom is 0.315 e. The molecular weight excluding hydrogens is 640 g/mol. The number of fused-ring (bicyclic) bond motifs is 7. The topological polar surface area (TPSA) is 235 Å². The maximum absolute atomic E-state index is 14.5. The van der Waals surface area contributed by atoms with Gasteiger partial charge < -0.3 is 55.4 Å². The molecule has 0 aromatic carbocycles. The molecule has 49 heavy (non-hydrogen) atoms. The number of aliphatic hydroxyl groups excluding tert-OH is 7. The second-order valence-electron chi connectivity index (χ2n) is 17.4. The molecule has 1 heterocycles. The van der Waals surface area contributed by atoms with Crippen LogP contribution in [0, 0.1) is 50.7 Å². The summed E-state index contributed by atoms with van der Waals surface area (Å²) in [6.07, 6.45) is -5.53. The SMILES string of the molecule is C[C@@H]1CC[C@]2(C(=O)O[C@@H]3O[C@H](CO)[C@@H](O)[C@H](O)[C@H]3O)CC[C@]3(C)C(=CC[C@@H]4[C@@]5(C)C[C@@H](O)[C@@H](O)[C@](CO)(C(=O)O)[C@@H]5CC[C@]43C)[C@@H]2[C@]1(C)O. The van der Waals surface area contributed by atoms with Crippen LogP contribution in [0.5, 0.6) is 0 Å². The molecule has 0 amide bonds. The number of carbonyl (C=O) groups is 2. The molecule has 6 rings (SSSR count). The number of ether oxygens (including phenoxy) is 2. The molecule has 5 fully saturated rings. The van der Waals surface area contributed by atoms with Crippen molar-refractivity contribution in [3.8, 4) is 0 Å². The summed E-state index contributed by atoms with van der Waals surface area (Å²) in [6, 6.07) is 0. The van der Waals surface area contributed by atoms with Crippen LogP contribution in [0.1, 0.15) is 86.0 Å².